The summed E-state index contributed by atoms with van der Waals surface area (Å²) in [5.41, 5.74) is 11.8. The zero-order chi connectivity index (χ0) is 49.2. The molecule has 1 unspecified atom stereocenters. The number of amidine groups is 2. The molecule has 1 spiro atoms. The second-order valence-electron chi connectivity index (χ2n) is 20.2. The number of rotatable bonds is 5. The molecule has 10 nitrogen and oxygen atoms in total. The smallest absolute Gasteiger partial charge is 0.441 e. The number of fused-ring (bicyclic) bond motifs is 16. The van der Waals surface area contributed by atoms with Gasteiger partial charge in [0.1, 0.15) is 5.75 Å². The minimum atomic E-state index is -1.28. The normalized spacial score (nSPS) is 17.0. The minimum Gasteiger partial charge on any atom is -0.478 e. The summed E-state index contributed by atoms with van der Waals surface area (Å²) in [4.78, 5) is 36.3. The van der Waals surface area contributed by atoms with Gasteiger partial charge in [-0.3, -0.25) is 4.79 Å². The Hall–Kier alpha value is -10.3. The van der Waals surface area contributed by atoms with Crippen LogP contribution in [0.25, 0.3) is 81.5 Å². The zero-order valence-electron chi connectivity index (χ0n) is 39.4. The van der Waals surface area contributed by atoms with Gasteiger partial charge in [-0.25, -0.2) is 13.9 Å². The molecular formula is C65H34N6O4+2. The first kappa shape index (κ1) is 39.3. The first-order chi connectivity index (χ1) is 37.0. The molecule has 2 aromatic heterocycles. The molecule has 0 aliphatic carbocycles. The van der Waals surface area contributed by atoms with Crippen LogP contribution >= 0.6 is 0 Å². The number of aliphatic imine (C=N–C) groups is 1. The van der Waals surface area contributed by atoms with Crippen molar-refractivity contribution in [3.05, 3.63) is 250 Å². The third kappa shape index (κ3) is 4.63. The number of ether oxygens (including phenoxy) is 1. The number of carbonyl (C=O) groups excluding carboxylic acids is 1. The number of aromatic carboxylic acids is 1. The lowest BCUT2D eigenvalue weighted by Gasteiger charge is -2.42. The van der Waals surface area contributed by atoms with Gasteiger partial charge in [0, 0.05) is 21.9 Å². The Morgan fingerprint density at radius 2 is 1.04 bits per heavy atom. The summed E-state index contributed by atoms with van der Waals surface area (Å²) in [6.45, 7) is 0.465. The molecule has 0 saturated carbocycles. The van der Waals surface area contributed by atoms with Crippen molar-refractivity contribution in [3.63, 3.8) is 0 Å². The van der Waals surface area contributed by atoms with Crippen molar-refractivity contribution in [1.82, 2.24) is 9.13 Å². The van der Waals surface area contributed by atoms with Crippen LogP contribution in [-0.4, -0.2) is 53.2 Å². The second-order valence-corrected chi connectivity index (χ2v) is 20.2. The van der Waals surface area contributed by atoms with Crippen molar-refractivity contribution in [1.29, 1.82) is 0 Å². The maximum Gasteiger partial charge on any atom is 0.441 e. The van der Waals surface area contributed by atoms with E-state index in [4.69, 9.17) is 14.7 Å². The van der Waals surface area contributed by atoms with Gasteiger partial charge < -0.3 is 9.84 Å². The van der Waals surface area contributed by atoms with Gasteiger partial charge in [0.15, 0.2) is 11.4 Å². The van der Waals surface area contributed by atoms with Gasteiger partial charge in [0.25, 0.3) is 17.8 Å². The fourth-order valence-corrected chi connectivity index (χ4v) is 13.6. The molecule has 0 fully saturated rings. The lowest BCUT2D eigenvalue weighted by molar-refractivity contribution is -0.798. The first-order valence-electron chi connectivity index (χ1n) is 25.0. The molecule has 6 aliphatic heterocycles. The van der Waals surface area contributed by atoms with Crippen molar-refractivity contribution in [2.45, 2.75) is 5.91 Å². The molecule has 6 aliphatic rings. The monoisotopic (exact) mass is 962 g/mol. The quantitative estimate of drug-likeness (QED) is 0.137. The summed E-state index contributed by atoms with van der Waals surface area (Å²) < 4.78 is 15.4. The molecular weight excluding hydrogens is 929 g/mol. The predicted octanol–water partition coefficient (Wildman–Crippen LogP) is 11.0. The number of carbonyl (C=O) groups is 2. The molecule has 0 saturated heterocycles. The van der Waals surface area contributed by atoms with E-state index >= 15 is 0 Å². The molecule has 12 aromatic rings. The third-order valence-corrected chi connectivity index (χ3v) is 16.6. The standard InChI is InChI=1S/C65H33N6O4/c72-33-75-45-23-21-35(22-24-45)55-58-48-27-39-11-3-7-15-43(39)31-52(48)62-66-60-50-29-41-13-5-1-9-37(41)25-46(50)56-54(34-17-19-36(20-18-34)64(73)74)57-47-26-38-10-2-6-14-42(38)30-51(47)61-67-63-53-32-44-16-8-4-12-40(44)28-49(53)59(55)71(63)65(68(56)60,69(57)61)70(58)62/h1-33H/q+1/p+1. The second kappa shape index (κ2) is 13.4. The molecule has 18 rings (SSSR count). The Morgan fingerprint density at radius 1 is 0.520 bits per heavy atom. The van der Waals surface area contributed by atoms with Crippen LogP contribution in [0.5, 0.6) is 5.75 Å². The molecule has 1 N–H and O–H groups in total. The van der Waals surface area contributed by atoms with E-state index in [0.29, 0.717) is 12.2 Å². The first-order valence-corrected chi connectivity index (χ1v) is 25.0. The van der Waals surface area contributed by atoms with Gasteiger partial charge in [0.05, 0.1) is 49.7 Å². The van der Waals surface area contributed by atoms with Crippen LogP contribution in [0.15, 0.2) is 204 Å². The minimum absolute atomic E-state index is 0.209. The van der Waals surface area contributed by atoms with E-state index in [1.807, 2.05) is 24.3 Å². The Bertz CT molecular complexity index is 5130. The van der Waals surface area contributed by atoms with E-state index in [-0.39, 0.29) is 5.56 Å². The molecule has 10 aromatic carbocycles. The molecule has 1 atom stereocenters. The van der Waals surface area contributed by atoms with Crippen molar-refractivity contribution in [2.24, 2.45) is 9.98 Å². The highest BCUT2D eigenvalue weighted by molar-refractivity contribution is 6.37. The van der Waals surface area contributed by atoms with Gasteiger partial charge in [-0.15, -0.1) is 9.15 Å². The molecule has 75 heavy (non-hydrogen) atoms. The Balaban J connectivity index is 1.15. The molecule has 346 valence electrons. The molecule has 0 bridgehead atoms. The van der Waals surface area contributed by atoms with Crippen LogP contribution in [0.3, 0.4) is 0 Å². The van der Waals surface area contributed by atoms with Crippen molar-refractivity contribution in [2.75, 3.05) is 0 Å². The number of benzene rings is 10. The highest BCUT2D eigenvalue weighted by Gasteiger charge is 2.71. The number of carboxylic acid groups (broad SMARTS) is 1. The zero-order valence-corrected chi connectivity index (χ0v) is 39.4. The van der Waals surface area contributed by atoms with Crippen LogP contribution in [0.2, 0.25) is 0 Å². The molecule has 0 amide bonds. The average Bonchev–Trinajstić information content (AvgIpc) is 3.85. The highest BCUT2D eigenvalue weighted by atomic mass is 16.5. The van der Waals surface area contributed by atoms with Gasteiger partial charge in [0.2, 0.25) is 0 Å². The lowest BCUT2D eigenvalue weighted by atomic mass is 9.89. The highest BCUT2D eigenvalue weighted by Crippen LogP contribution is 2.58. The number of hydrogen-bond acceptors (Lipinski definition) is 5. The van der Waals surface area contributed by atoms with Gasteiger partial charge in [-0.2, -0.15) is 0 Å². The van der Waals surface area contributed by atoms with E-state index in [1.165, 1.54) is 0 Å². The number of nitrogens with zero attached hydrogens (tertiary/aromatic N) is 6. The van der Waals surface area contributed by atoms with Crippen LogP contribution in [0.1, 0.15) is 49.4 Å². The maximum absolute atomic E-state index is 12.5. The summed E-state index contributed by atoms with van der Waals surface area (Å²) in [6, 6.07) is 67.8. The van der Waals surface area contributed by atoms with Crippen LogP contribution in [-0.2, 0) is 10.7 Å². The molecule has 0 radical (unpaired) electrons. The number of hydrogen-bond donors (Lipinski definition) is 1. The van der Waals surface area contributed by atoms with E-state index < -0.39 is 11.9 Å². The largest absolute Gasteiger partial charge is 0.478 e. The van der Waals surface area contributed by atoms with Crippen molar-refractivity contribution >= 4 is 117 Å². The van der Waals surface area contributed by atoms with Crippen LogP contribution < -0.4 is 15.6 Å². The fraction of sp³-hybridized carbons (Fsp3) is 0.0154. The summed E-state index contributed by atoms with van der Waals surface area (Å²) in [6.07, 6.45) is 0. The summed E-state index contributed by atoms with van der Waals surface area (Å²) in [5, 5.41) is 24.1. The summed E-state index contributed by atoms with van der Waals surface area (Å²) >= 11 is 0. The van der Waals surface area contributed by atoms with E-state index in [0.717, 1.165) is 155 Å². The maximum atomic E-state index is 12.5. The fourth-order valence-electron chi connectivity index (χ4n) is 13.6. The topological polar surface area (TPSA) is 104 Å². The molecule has 8 heterocycles. The van der Waals surface area contributed by atoms with E-state index in [9.17, 15) is 14.7 Å². The Kier molecular flexibility index (Phi) is 7.02. The van der Waals surface area contributed by atoms with Gasteiger partial charge in [-0.1, -0.05) is 121 Å². The predicted molar refractivity (Wildman–Crippen MR) is 291 cm³/mol. The van der Waals surface area contributed by atoms with Crippen LogP contribution in [0, 0.1) is 0 Å². The Morgan fingerprint density at radius 3 is 1.65 bits per heavy atom. The lowest BCUT2D eigenvalue weighted by Crippen LogP contribution is -2.71. The summed E-state index contributed by atoms with van der Waals surface area (Å²) in [7, 11) is 0. The average molecular weight is 963 g/mol. The van der Waals surface area contributed by atoms with E-state index in [1.54, 1.807) is 12.1 Å². The Labute approximate surface area is 424 Å². The third-order valence-electron chi connectivity index (χ3n) is 16.6. The van der Waals surface area contributed by atoms with Crippen LogP contribution in [0.4, 0.5) is 5.82 Å². The van der Waals surface area contributed by atoms with E-state index in [2.05, 4.69) is 176 Å². The number of aromatic nitrogens is 2. The number of carboxylic acids is 1. The van der Waals surface area contributed by atoms with Gasteiger partial charge >= 0.3 is 23.6 Å². The SMILES string of the molecule is O=COc1ccc(C2=C3c4cc5ccccc5cc4C4=[N+]3C35n6c(c7cc8ccccc8cc7c62)N=C2c6cc7ccccc7cc6C(=[N+]23)C(c2ccc(C(=O)O)cc2)=c2c3cc6ccccc6cc3c(n25)=N4)cc1. The molecule has 10 heteroatoms. The van der Waals surface area contributed by atoms with Crippen molar-refractivity contribution in [3.8, 4) is 5.75 Å². The summed E-state index contributed by atoms with van der Waals surface area (Å²) in [5.74, 6) is 0.603. The van der Waals surface area contributed by atoms with Crippen molar-refractivity contribution < 1.29 is 28.6 Å². The van der Waals surface area contributed by atoms with Gasteiger partial charge in [-0.05, 0) is 137 Å².